The topological polar surface area (TPSA) is 87.7 Å². The zero-order valence-corrected chi connectivity index (χ0v) is 17.8. The predicted octanol–water partition coefficient (Wildman–Crippen LogP) is 3.66. The number of halogens is 1. The molecule has 1 aliphatic rings. The van der Waals surface area contributed by atoms with Crippen LogP contribution in [0.3, 0.4) is 0 Å². The summed E-state index contributed by atoms with van der Waals surface area (Å²) in [7, 11) is 1.49. The van der Waals surface area contributed by atoms with Crippen molar-refractivity contribution in [3.8, 4) is 5.75 Å². The molecular weight excluding hydrogens is 438 g/mol. The first-order chi connectivity index (χ1) is 13.9. The summed E-state index contributed by atoms with van der Waals surface area (Å²) in [5, 5.41) is 5.52. The molecule has 0 radical (unpaired) electrons. The molecule has 2 aromatic rings. The fraction of sp³-hybridized carbons (Fsp3) is 0.286. The van der Waals surface area contributed by atoms with Crippen LogP contribution in [-0.4, -0.2) is 42.3 Å². The van der Waals surface area contributed by atoms with Crippen LogP contribution < -0.4 is 15.4 Å². The van der Waals surface area contributed by atoms with Crippen LogP contribution in [0.25, 0.3) is 0 Å². The number of hydrogen-bond donors (Lipinski definition) is 2. The third-order valence-electron chi connectivity index (χ3n) is 4.69. The number of anilines is 2. The molecule has 0 spiro atoms. The number of rotatable bonds is 5. The molecule has 8 heteroatoms. The Labute approximate surface area is 177 Å². The number of carbonyl (C=O) groups is 3. The van der Waals surface area contributed by atoms with Crippen LogP contribution >= 0.6 is 15.9 Å². The van der Waals surface area contributed by atoms with E-state index in [2.05, 4.69) is 26.6 Å². The van der Waals surface area contributed by atoms with Gasteiger partial charge in [-0.15, -0.1) is 0 Å². The Bertz CT molecular complexity index is 930. The highest BCUT2D eigenvalue weighted by molar-refractivity contribution is 9.10. The van der Waals surface area contributed by atoms with Crippen molar-refractivity contribution in [2.75, 3.05) is 24.3 Å². The van der Waals surface area contributed by atoms with Crippen LogP contribution in [0.4, 0.5) is 11.4 Å². The number of nitrogens with one attached hydrogen (secondary N) is 2. The second-order valence-electron chi connectivity index (χ2n) is 6.75. The molecule has 0 aromatic heterocycles. The van der Waals surface area contributed by atoms with Gasteiger partial charge in [-0.1, -0.05) is 15.9 Å². The molecule has 29 heavy (non-hydrogen) atoms. The minimum absolute atomic E-state index is 0.159. The van der Waals surface area contributed by atoms with Crippen LogP contribution in [0.2, 0.25) is 0 Å². The minimum Gasteiger partial charge on any atom is -0.494 e. The van der Waals surface area contributed by atoms with E-state index < -0.39 is 6.04 Å². The van der Waals surface area contributed by atoms with E-state index in [9.17, 15) is 14.4 Å². The van der Waals surface area contributed by atoms with E-state index in [1.807, 2.05) is 0 Å². The maximum absolute atomic E-state index is 12.9. The number of carbonyl (C=O) groups excluding carboxylic acids is 3. The van der Waals surface area contributed by atoms with E-state index in [1.54, 1.807) is 47.4 Å². The Kier molecular flexibility index (Phi) is 6.53. The standard InChI is InChI=1S/C21H22BrN3O4/c1-13(26)23-17-10-9-16(12-19(17)29-2)24-20(27)18-4-3-11-25(18)21(28)14-5-7-15(22)8-6-14/h5-10,12,18H,3-4,11H2,1-2H3,(H,23,26)(H,24,27). The molecule has 0 saturated carbocycles. The van der Waals surface area contributed by atoms with Gasteiger partial charge >= 0.3 is 0 Å². The molecule has 3 rings (SSSR count). The highest BCUT2D eigenvalue weighted by Crippen LogP contribution is 2.29. The zero-order valence-electron chi connectivity index (χ0n) is 16.2. The summed E-state index contributed by atoms with van der Waals surface area (Å²) in [5.41, 5.74) is 1.60. The van der Waals surface area contributed by atoms with Crippen molar-refractivity contribution in [3.63, 3.8) is 0 Å². The Morgan fingerprint density at radius 1 is 1.10 bits per heavy atom. The highest BCUT2D eigenvalue weighted by Gasteiger charge is 2.34. The normalized spacial score (nSPS) is 15.7. The molecule has 3 amide bonds. The van der Waals surface area contributed by atoms with Crippen molar-refractivity contribution in [2.24, 2.45) is 0 Å². The van der Waals surface area contributed by atoms with E-state index >= 15 is 0 Å². The maximum atomic E-state index is 12.9. The first-order valence-corrected chi connectivity index (χ1v) is 10.0. The van der Waals surface area contributed by atoms with Crippen LogP contribution in [0.15, 0.2) is 46.9 Å². The Morgan fingerprint density at radius 3 is 2.48 bits per heavy atom. The fourth-order valence-corrected chi connectivity index (χ4v) is 3.59. The van der Waals surface area contributed by atoms with E-state index in [4.69, 9.17) is 4.74 Å². The van der Waals surface area contributed by atoms with Crippen molar-refractivity contribution >= 4 is 45.0 Å². The van der Waals surface area contributed by atoms with Gasteiger partial charge in [0.25, 0.3) is 5.91 Å². The quantitative estimate of drug-likeness (QED) is 0.713. The SMILES string of the molecule is COc1cc(NC(=O)C2CCCN2C(=O)c2ccc(Br)cc2)ccc1NC(C)=O. The van der Waals surface area contributed by atoms with E-state index in [0.717, 1.165) is 10.9 Å². The summed E-state index contributed by atoms with van der Waals surface area (Å²) in [6.45, 7) is 1.95. The summed E-state index contributed by atoms with van der Waals surface area (Å²) < 4.78 is 6.18. The van der Waals surface area contributed by atoms with Crippen molar-refractivity contribution < 1.29 is 19.1 Å². The maximum Gasteiger partial charge on any atom is 0.254 e. The Hall–Kier alpha value is -2.87. The summed E-state index contributed by atoms with van der Waals surface area (Å²) in [6, 6.07) is 11.5. The number of benzene rings is 2. The highest BCUT2D eigenvalue weighted by atomic mass is 79.9. The van der Waals surface area contributed by atoms with Crippen molar-refractivity contribution in [1.82, 2.24) is 4.90 Å². The largest absolute Gasteiger partial charge is 0.494 e. The fourth-order valence-electron chi connectivity index (χ4n) is 3.33. The molecule has 2 aromatic carbocycles. The molecular formula is C21H22BrN3O4. The molecule has 7 nitrogen and oxygen atoms in total. The van der Waals surface area contributed by atoms with E-state index in [1.165, 1.54) is 14.0 Å². The number of methoxy groups -OCH3 is 1. The Balaban J connectivity index is 1.73. The van der Waals surface area contributed by atoms with Crippen LogP contribution in [0.1, 0.15) is 30.1 Å². The average molecular weight is 460 g/mol. The van der Waals surface area contributed by atoms with Gasteiger partial charge in [0.1, 0.15) is 11.8 Å². The lowest BCUT2D eigenvalue weighted by Gasteiger charge is -2.24. The first-order valence-electron chi connectivity index (χ1n) is 9.22. The third kappa shape index (κ3) is 4.95. The number of likely N-dealkylation sites (tertiary alicyclic amines) is 1. The van der Waals surface area contributed by atoms with Gasteiger partial charge in [0.05, 0.1) is 12.8 Å². The lowest BCUT2D eigenvalue weighted by atomic mass is 10.1. The van der Waals surface area contributed by atoms with Gasteiger partial charge in [0.15, 0.2) is 0 Å². The molecule has 0 bridgehead atoms. The van der Waals surface area contributed by atoms with Gasteiger partial charge in [-0.2, -0.15) is 0 Å². The number of nitrogens with zero attached hydrogens (tertiary/aromatic N) is 1. The van der Waals surface area contributed by atoms with Crippen molar-refractivity contribution in [1.29, 1.82) is 0 Å². The number of amides is 3. The van der Waals surface area contributed by atoms with Crippen molar-refractivity contribution in [2.45, 2.75) is 25.8 Å². The zero-order chi connectivity index (χ0) is 21.0. The van der Waals surface area contributed by atoms with Gasteiger partial charge in [-0.05, 0) is 49.2 Å². The molecule has 1 saturated heterocycles. The minimum atomic E-state index is -0.535. The van der Waals surface area contributed by atoms with E-state index in [0.29, 0.717) is 35.7 Å². The van der Waals surface area contributed by atoms with Gasteiger partial charge in [0, 0.05) is 35.3 Å². The predicted molar refractivity (Wildman–Crippen MR) is 114 cm³/mol. The molecule has 1 atom stereocenters. The molecule has 2 N–H and O–H groups in total. The Morgan fingerprint density at radius 2 is 1.83 bits per heavy atom. The summed E-state index contributed by atoms with van der Waals surface area (Å²) in [5.74, 6) is -0.184. The molecule has 1 aliphatic heterocycles. The number of hydrogen-bond acceptors (Lipinski definition) is 4. The monoisotopic (exact) mass is 459 g/mol. The molecule has 1 fully saturated rings. The second kappa shape index (κ2) is 9.09. The third-order valence-corrected chi connectivity index (χ3v) is 5.22. The first kappa shape index (κ1) is 20.9. The molecule has 152 valence electrons. The van der Waals surface area contributed by atoms with Gasteiger partial charge in [0.2, 0.25) is 11.8 Å². The lowest BCUT2D eigenvalue weighted by Crippen LogP contribution is -2.43. The smallest absolute Gasteiger partial charge is 0.254 e. The number of ether oxygens (including phenoxy) is 1. The van der Waals surface area contributed by atoms with Gasteiger partial charge < -0.3 is 20.3 Å². The lowest BCUT2D eigenvalue weighted by molar-refractivity contribution is -0.119. The van der Waals surface area contributed by atoms with E-state index in [-0.39, 0.29) is 17.7 Å². The van der Waals surface area contributed by atoms with Crippen LogP contribution in [0, 0.1) is 0 Å². The molecule has 0 aliphatic carbocycles. The van der Waals surface area contributed by atoms with Gasteiger partial charge in [-0.3, -0.25) is 14.4 Å². The molecule has 1 heterocycles. The van der Waals surface area contributed by atoms with Crippen LogP contribution in [0.5, 0.6) is 5.75 Å². The van der Waals surface area contributed by atoms with Crippen LogP contribution in [-0.2, 0) is 9.59 Å². The summed E-state index contributed by atoms with van der Waals surface area (Å²) in [6.07, 6.45) is 1.38. The summed E-state index contributed by atoms with van der Waals surface area (Å²) >= 11 is 3.36. The second-order valence-corrected chi connectivity index (χ2v) is 7.66. The van der Waals surface area contributed by atoms with Gasteiger partial charge in [-0.25, -0.2) is 0 Å². The summed E-state index contributed by atoms with van der Waals surface area (Å²) in [4.78, 5) is 38.6. The average Bonchev–Trinajstić information content (AvgIpc) is 3.18. The molecule has 1 unspecified atom stereocenters. The van der Waals surface area contributed by atoms with Crippen molar-refractivity contribution in [3.05, 3.63) is 52.5 Å².